The molecule has 0 aliphatic carbocycles. The highest BCUT2D eigenvalue weighted by atomic mass is 35.5. The van der Waals surface area contributed by atoms with Crippen molar-refractivity contribution in [2.75, 3.05) is 0 Å². The molecule has 3 aromatic rings. The van der Waals surface area contributed by atoms with E-state index in [-0.39, 0.29) is 0 Å². The number of rotatable bonds is 0. The van der Waals surface area contributed by atoms with Crippen LogP contribution in [0, 0.1) is 23.7 Å². The van der Waals surface area contributed by atoms with Gasteiger partial charge in [-0.1, -0.05) is 59.3 Å². The summed E-state index contributed by atoms with van der Waals surface area (Å²) in [6, 6.07) is 20.9. The molecule has 33 heavy (non-hydrogen) atoms. The van der Waals surface area contributed by atoms with Gasteiger partial charge in [0.05, 0.1) is 10.0 Å². The van der Waals surface area contributed by atoms with Gasteiger partial charge >= 0.3 is 5.51 Å². The van der Waals surface area contributed by atoms with E-state index in [4.69, 9.17) is 36.2 Å². The van der Waals surface area contributed by atoms with E-state index in [9.17, 15) is 13.2 Å². The van der Waals surface area contributed by atoms with Crippen molar-refractivity contribution in [1.82, 2.24) is 0 Å². The van der Waals surface area contributed by atoms with Crippen molar-refractivity contribution < 1.29 is 30.7 Å². The monoisotopic (exact) mass is 511 g/mol. The van der Waals surface area contributed by atoms with Gasteiger partial charge in [0.2, 0.25) is 0 Å². The highest BCUT2D eigenvalue weighted by Crippen LogP contribution is 2.20. The van der Waals surface area contributed by atoms with Gasteiger partial charge in [0, 0.05) is 35.1 Å². The molecule has 170 valence electrons. The fourth-order valence-corrected chi connectivity index (χ4v) is 2.59. The lowest BCUT2D eigenvalue weighted by Crippen LogP contribution is -2.36. The largest absolute Gasteiger partial charge is 0.741 e. The summed E-state index contributed by atoms with van der Waals surface area (Å²) in [7, 11) is -4.15. The first-order valence-corrected chi connectivity index (χ1v) is 11.1. The molecule has 0 saturated heterocycles. The molecular formula is C23H14Cl2F3NO3S. The maximum atomic E-state index is 10.7. The second-order valence-corrected chi connectivity index (χ2v) is 8.40. The molecule has 0 unspecified atom stereocenters. The molecule has 4 nitrogen and oxygen atoms in total. The van der Waals surface area contributed by atoms with Crippen molar-refractivity contribution in [2.45, 2.75) is 5.51 Å². The standard InChI is InChI=1S/C22H14Cl2N.CHF3O3S/c1-25-19(15-13-17-7-2-4-11-21(17)23)9-6-10-20(25)16-14-18-8-3-5-12-22(18)24;2-1(3,4)8(5,6)7/h2-12H,1H3;(H,5,6,7)/q+1;/p-1. The highest BCUT2D eigenvalue weighted by Gasteiger charge is 2.36. The first kappa shape index (κ1) is 26.2. The number of hydrogen-bond acceptors (Lipinski definition) is 3. The minimum atomic E-state index is -6.09. The van der Waals surface area contributed by atoms with Gasteiger partial charge in [0.25, 0.3) is 11.4 Å². The third kappa shape index (κ3) is 7.81. The Morgan fingerprint density at radius 3 is 1.45 bits per heavy atom. The van der Waals surface area contributed by atoms with Crippen LogP contribution < -0.4 is 4.57 Å². The summed E-state index contributed by atoms with van der Waals surface area (Å²) in [5, 5.41) is 1.29. The molecule has 10 heteroatoms. The van der Waals surface area contributed by atoms with E-state index in [1.165, 1.54) is 0 Å². The van der Waals surface area contributed by atoms with Crippen molar-refractivity contribution in [3.8, 4) is 23.7 Å². The van der Waals surface area contributed by atoms with Gasteiger partial charge in [-0.15, -0.1) is 0 Å². The number of alkyl halides is 3. The molecule has 0 N–H and O–H groups in total. The van der Waals surface area contributed by atoms with Crippen molar-refractivity contribution in [2.24, 2.45) is 7.05 Å². The molecule has 1 aromatic heterocycles. The van der Waals surface area contributed by atoms with E-state index in [2.05, 4.69) is 23.7 Å². The summed E-state index contributed by atoms with van der Waals surface area (Å²) in [6.07, 6.45) is 0. The molecule has 0 spiro atoms. The number of aromatic nitrogens is 1. The van der Waals surface area contributed by atoms with Crippen molar-refractivity contribution in [3.05, 3.63) is 99.3 Å². The van der Waals surface area contributed by atoms with Gasteiger partial charge in [0.15, 0.2) is 10.1 Å². The molecule has 0 fully saturated rings. The molecule has 2 aromatic carbocycles. The summed E-state index contributed by atoms with van der Waals surface area (Å²) in [6.45, 7) is 0. The predicted molar refractivity (Wildman–Crippen MR) is 118 cm³/mol. The Labute approximate surface area is 199 Å². The molecule has 0 radical (unpaired) electrons. The van der Waals surface area contributed by atoms with Crippen LogP contribution in [-0.2, 0) is 17.2 Å². The lowest BCUT2D eigenvalue weighted by Gasteiger charge is -2.08. The Kier molecular flexibility index (Phi) is 8.92. The van der Waals surface area contributed by atoms with Crippen LogP contribution in [0.2, 0.25) is 10.0 Å². The molecule has 0 saturated carbocycles. The van der Waals surface area contributed by atoms with Crippen LogP contribution in [0.1, 0.15) is 22.5 Å². The van der Waals surface area contributed by atoms with Gasteiger partial charge in [-0.3, -0.25) is 0 Å². The molecular weight excluding hydrogens is 498 g/mol. The minimum absolute atomic E-state index is 0.646. The third-order valence-electron chi connectivity index (χ3n) is 3.91. The molecule has 1 heterocycles. The maximum Gasteiger partial charge on any atom is 0.485 e. The molecule has 0 atom stereocenters. The van der Waals surface area contributed by atoms with Gasteiger partial charge < -0.3 is 4.55 Å². The van der Waals surface area contributed by atoms with E-state index in [0.29, 0.717) is 10.0 Å². The quantitative estimate of drug-likeness (QED) is 0.191. The Hall–Kier alpha value is -3.01. The van der Waals surface area contributed by atoms with Gasteiger partial charge in [-0.05, 0) is 30.3 Å². The lowest BCUT2D eigenvalue weighted by atomic mass is 10.2. The Morgan fingerprint density at radius 1 is 0.758 bits per heavy atom. The average Bonchev–Trinajstić information content (AvgIpc) is 2.73. The number of benzene rings is 2. The van der Waals surface area contributed by atoms with Crippen LogP contribution in [0.15, 0.2) is 66.7 Å². The predicted octanol–water partition coefficient (Wildman–Crippen LogP) is 4.67. The summed E-state index contributed by atoms with van der Waals surface area (Å²) >= 11 is 12.3. The first-order chi connectivity index (χ1) is 15.4. The Bertz CT molecular complexity index is 1300. The zero-order valence-corrected chi connectivity index (χ0v) is 19.1. The minimum Gasteiger partial charge on any atom is -0.741 e. The third-order valence-corrected chi connectivity index (χ3v) is 5.14. The van der Waals surface area contributed by atoms with Crippen LogP contribution in [0.3, 0.4) is 0 Å². The van der Waals surface area contributed by atoms with E-state index < -0.39 is 15.6 Å². The Morgan fingerprint density at radius 2 is 1.12 bits per heavy atom. The van der Waals surface area contributed by atoms with Crippen LogP contribution >= 0.6 is 23.2 Å². The fourth-order valence-electron chi connectivity index (χ4n) is 2.22. The van der Waals surface area contributed by atoms with Gasteiger partial charge in [-0.2, -0.15) is 17.7 Å². The maximum absolute atomic E-state index is 10.7. The second kappa shape index (κ2) is 11.2. The summed E-state index contributed by atoms with van der Waals surface area (Å²) in [5.41, 5.74) is -2.34. The van der Waals surface area contributed by atoms with Crippen molar-refractivity contribution in [1.29, 1.82) is 0 Å². The second-order valence-electron chi connectivity index (χ2n) is 6.21. The summed E-state index contributed by atoms with van der Waals surface area (Å²) < 4.78 is 60.9. The van der Waals surface area contributed by atoms with Crippen LogP contribution in [0.5, 0.6) is 0 Å². The van der Waals surface area contributed by atoms with Crippen molar-refractivity contribution in [3.63, 3.8) is 0 Å². The SMILES string of the molecule is C[n+]1c(C#Cc2ccccc2Cl)cccc1C#Cc1ccccc1Cl.O=S(=O)([O-])C(F)(F)F. The van der Waals surface area contributed by atoms with Crippen molar-refractivity contribution >= 4 is 33.3 Å². The fraction of sp³-hybridized carbons (Fsp3) is 0.0870. The highest BCUT2D eigenvalue weighted by molar-refractivity contribution is 7.86. The lowest BCUT2D eigenvalue weighted by molar-refractivity contribution is -0.676. The number of pyridine rings is 1. The van der Waals surface area contributed by atoms with E-state index in [0.717, 1.165) is 22.5 Å². The molecule has 0 aliphatic rings. The average molecular weight is 512 g/mol. The van der Waals surface area contributed by atoms with Crippen LogP contribution in [0.25, 0.3) is 0 Å². The normalized spacial score (nSPS) is 10.6. The van der Waals surface area contributed by atoms with E-state index >= 15 is 0 Å². The smallest absolute Gasteiger partial charge is 0.485 e. The van der Waals surface area contributed by atoms with Gasteiger partial charge in [-0.25, -0.2) is 8.42 Å². The summed E-state index contributed by atoms with van der Waals surface area (Å²) in [4.78, 5) is 0. The van der Waals surface area contributed by atoms with E-state index in [1.807, 2.05) is 78.3 Å². The number of nitrogens with zero attached hydrogens (tertiary/aromatic N) is 1. The Balaban J connectivity index is 0.000000414. The number of hydrogen-bond donors (Lipinski definition) is 0. The summed E-state index contributed by atoms with van der Waals surface area (Å²) in [5.74, 6) is 12.5. The van der Waals surface area contributed by atoms with Gasteiger partial charge in [0.1, 0.15) is 7.05 Å². The zero-order valence-electron chi connectivity index (χ0n) is 16.8. The molecule has 3 rings (SSSR count). The van der Waals surface area contributed by atoms with E-state index in [1.54, 1.807) is 0 Å². The topological polar surface area (TPSA) is 61.1 Å². The zero-order chi connectivity index (χ0) is 24.6. The molecule has 0 aliphatic heterocycles. The molecule has 0 bridgehead atoms. The first-order valence-electron chi connectivity index (χ1n) is 8.94. The van der Waals surface area contributed by atoms with Crippen LogP contribution in [0.4, 0.5) is 13.2 Å². The van der Waals surface area contributed by atoms with Crippen LogP contribution in [-0.4, -0.2) is 18.5 Å². The number of halogens is 5. The molecule has 0 amide bonds.